The van der Waals surface area contributed by atoms with E-state index in [0.717, 1.165) is 31.3 Å². The van der Waals surface area contributed by atoms with Crippen molar-refractivity contribution in [1.29, 1.82) is 0 Å². The van der Waals surface area contributed by atoms with Crippen LogP contribution < -0.4 is 14.8 Å². The predicted molar refractivity (Wildman–Crippen MR) is 103 cm³/mol. The first-order chi connectivity index (χ1) is 11.5. The fraction of sp³-hybridized carbons (Fsp3) is 0.167. The van der Waals surface area contributed by atoms with Gasteiger partial charge in [0.2, 0.25) is 0 Å². The third-order valence-corrected chi connectivity index (χ3v) is 5.43. The van der Waals surface area contributed by atoms with Gasteiger partial charge in [-0.25, -0.2) is 0 Å². The van der Waals surface area contributed by atoms with Gasteiger partial charge in [0.25, 0.3) is 5.91 Å². The maximum absolute atomic E-state index is 12.6. The Hall–Kier alpha value is -1.79. The molecule has 0 aliphatic carbocycles. The first-order valence-electron chi connectivity index (χ1n) is 7.21. The monoisotopic (exact) mass is 451 g/mol. The number of fused-ring (bicyclic) bond motifs is 1. The van der Waals surface area contributed by atoms with Gasteiger partial charge in [-0.2, -0.15) is 0 Å². The zero-order valence-corrected chi connectivity index (χ0v) is 16.5. The molecule has 2 aromatic carbocycles. The van der Waals surface area contributed by atoms with Gasteiger partial charge in [0.1, 0.15) is 11.5 Å². The molecule has 0 unspecified atom stereocenters. The number of carbonyl (C=O) groups excluding carboxylic acids is 1. The van der Waals surface area contributed by atoms with Crippen LogP contribution in [0.25, 0.3) is 11.6 Å². The number of halogens is 2. The van der Waals surface area contributed by atoms with Crippen LogP contribution >= 0.6 is 31.9 Å². The Labute approximate surface area is 157 Å². The first kappa shape index (κ1) is 17.0. The van der Waals surface area contributed by atoms with Crippen LogP contribution in [-0.4, -0.2) is 20.1 Å². The smallest absolute Gasteiger partial charge is 0.256 e. The van der Waals surface area contributed by atoms with Crippen molar-refractivity contribution in [1.82, 2.24) is 0 Å². The normalized spacial score (nSPS) is 14.5. The Morgan fingerprint density at radius 2 is 1.71 bits per heavy atom. The maximum Gasteiger partial charge on any atom is 0.256 e. The van der Waals surface area contributed by atoms with Crippen LogP contribution in [0.2, 0.25) is 0 Å². The van der Waals surface area contributed by atoms with Crippen molar-refractivity contribution >= 4 is 55.1 Å². The summed E-state index contributed by atoms with van der Waals surface area (Å²) in [6.07, 6.45) is 1.81. The molecule has 6 heteroatoms. The topological polar surface area (TPSA) is 47.6 Å². The summed E-state index contributed by atoms with van der Waals surface area (Å²) in [5, 5.41) is 2.92. The minimum absolute atomic E-state index is 0.153. The van der Waals surface area contributed by atoms with E-state index < -0.39 is 0 Å². The van der Waals surface area contributed by atoms with Crippen molar-refractivity contribution in [3.8, 4) is 11.5 Å². The Bertz CT molecular complexity index is 853. The summed E-state index contributed by atoms with van der Waals surface area (Å²) in [4.78, 5) is 12.6. The number of benzene rings is 2. The SMILES string of the molecule is COc1cccc(OC)c1C=C1C(=O)Nc2c(Br)cc(Br)c(C)c21. The lowest BCUT2D eigenvalue weighted by Crippen LogP contribution is -2.04. The zero-order chi connectivity index (χ0) is 17.4. The van der Waals surface area contributed by atoms with Crippen LogP contribution in [0.3, 0.4) is 0 Å². The molecule has 4 nitrogen and oxygen atoms in total. The molecular formula is C18H15Br2NO3. The lowest BCUT2D eigenvalue weighted by Gasteiger charge is -2.11. The molecule has 1 aliphatic rings. The Kier molecular flexibility index (Phi) is 4.69. The van der Waals surface area contributed by atoms with Crippen molar-refractivity contribution in [2.75, 3.05) is 19.5 Å². The van der Waals surface area contributed by atoms with Crippen LogP contribution in [0, 0.1) is 6.92 Å². The molecule has 0 aromatic heterocycles. The molecule has 0 saturated carbocycles. The molecule has 0 spiro atoms. The summed E-state index contributed by atoms with van der Waals surface area (Å²) in [6.45, 7) is 1.98. The van der Waals surface area contributed by atoms with Crippen LogP contribution in [-0.2, 0) is 4.79 Å². The molecule has 0 bridgehead atoms. The van der Waals surface area contributed by atoms with Gasteiger partial charge in [0.05, 0.1) is 31.0 Å². The van der Waals surface area contributed by atoms with E-state index >= 15 is 0 Å². The number of amides is 1. The fourth-order valence-corrected chi connectivity index (χ4v) is 4.04. The molecule has 1 aliphatic heterocycles. The molecule has 0 radical (unpaired) electrons. The van der Waals surface area contributed by atoms with Crippen LogP contribution in [0.15, 0.2) is 33.2 Å². The van der Waals surface area contributed by atoms with Gasteiger partial charge in [0.15, 0.2) is 0 Å². The van der Waals surface area contributed by atoms with Gasteiger partial charge in [-0.1, -0.05) is 22.0 Å². The van der Waals surface area contributed by atoms with E-state index in [2.05, 4.69) is 37.2 Å². The number of hydrogen-bond acceptors (Lipinski definition) is 3. The number of anilines is 1. The van der Waals surface area contributed by atoms with Crippen molar-refractivity contribution in [3.05, 3.63) is 49.9 Å². The summed E-state index contributed by atoms with van der Waals surface area (Å²) in [6, 6.07) is 7.46. The zero-order valence-electron chi connectivity index (χ0n) is 13.4. The Balaban J connectivity index is 2.27. The number of rotatable bonds is 3. The number of hydrogen-bond donors (Lipinski definition) is 1. The molecule has 124 valence electrons. The standard InChI is InChI=1S/C18H15Br2NO3/c1-9-12(19)8-13(20)17-16(9)11(18(22)21-17)7-10-14(23-2)5-4-6-15(10)24-3/h4-8H,1-3H3,(H,21,22). The van der Waals surface area contributed by atoms with Crippen LogP contribution in [0.5, 0.6) is 11.5 Å². The van der Waals surface area contributed by atoms with Crippen molar-refractivity contribution in [2.24, 2.45) is 0 Å². The summed E-state index contributed by atoms with van der Waals surface area (Å²) >= 11 is 7.05. The summed E-state index contributed by atoms with van der Waals surface area (Å²) < 4.78 is 12.6. The number of methoxy groups -OCH3 is 2. The quantitative estimate of drug-likeness (QED) is 0.664. The summed E-state index contributed by atoms with van der Waals surface area (Å²) in [5.74, 6) is 1.14. The largest absolute Gasteiger partial charge is 0.496 e. The molecule has 0 atom stereocenters. The Morgan fingerprint density at radius 3 is 2.29 bits per heavy atom. The van der Waals surface area contributed by atoms with Crippen LogP contribution in [0.1, 0.15) is 16.7 Å². The van der Waals surface area contributed by atoms with E-state index in [1.165, 1.54) is 0 Å². The highest BCUT2D eigenvalue weighted by molar-refractivity contribution is 9.11. The molecular weight excluding hydrogens is 438 g/mol. The van der Waals surface area contributed by atoms with E-state index in [4.69, 9.17) is 9.47 Å². The second kappa shape index (κ2) is 6.61. The van der Waals surface area contributed by atoms with E-state index in [-0.39, 0.29) is 5.91 Å². The lowest BCUT2D eigenvalue weighted by atomic mass is 9.99. The molecule has 0 saturated heterocycles. The third-order valence-electron chi connectivity index (χ3n) is 3.98. The predicted octanol–water partition coefficient (Wildman–Crippen LogP) is 5.03. The minimum Gasteiger partial charge on any atom is -0.496 e. The lowest BCUT2D eigenvalue weighted by molar-refractivity contribution is -0.110. The maximum atomic E-state index is 12.6. The van der Waals surface area contributed by atoms with Gasteiger partial charge in [-0.15, -0.1) is 0 Å². The van der Waals surface area contributed by atoms with Crippen molar-refractivity contribution in [2.45, 2.75) is 6.92 Å². The number of carbonyl (C=O) groups is 1. The highest BCUT2D eigenvalue weighted by atomic mass is 79.9. The molecule has 2 aromatic rings. The minimum atomic E-state index is -0.153. The molecule has 1 heterocycles. The molecule has 3 rings (SSSR count). The average molecular weight is 453 g/mol. The average Bonchev–Trinajstić information content (AvgIpc) is 2.90. The summed E-state index contributed by atoms with van der Waals surface area (Å²) in [5.41, 5.74) is 3.95. The van der Waals surface area contributed by atoms with Crippen molar-refractivity contribution < 1.29 is 14.3 Å². The van der Waals surface area contributed by atoms with E-state index in [0.29, 0.717) is 17.1 Å². The van der Waals surface area contributed by atoms with E-state index in [1.54, 1.807) is 14.2 Å². The number of nitrogens with one attached hydrogen (secondary N) is 1. The van der Waals surface area contributed by atoms with Crippen molar-refractivity contribution in [3.63, 3.8) is 0 Å². The number of ether oxygens (including phenoxy) is 2. The second-order valence-corrected chi connectivity index (χ2v) is 7.01. The van der Waals surface area contributed by atoms with Crippen LogP contribution in [0.4, 0.5) is 5.69 Å². The molecule has 0 fully saturated rings. The summed E-state index contributed by atoms with van der Waals surface area (Å²) in [7, 11) is 3.19. The van der Waals surface area contributed by atoms with Gasteiger partial charge in [-0.3, -0.25) is 4.79 Å². The van der Waals surface area contributed by atoms with Gasteiger partial charge >= 0.3 is 0 Å². The van der Waals surface area contributed by atoms with Gasteiger partial charge in [0, 0.05) is 14.5 Å². The molecule has 1 amide bonds. The van der Waals surface area contributed by atoms with E-state index in [1.807, 2.05) is 37.3 Å². The molecule has 1 N–H and O–H groups in total. The highest BCUT2D eigenvalue weighted by Crippen LogP contribution is 2.44. The van der Waals surface area contributed by atoms with Gasteiger partial charge in [-0.05, 0) is 52.7 Å². The first-order valence-corrected chi connectivity index (χ1v) is 8.79. The van der Waals surface area contributed by atoms with Gasteiger partial charge < -0.3 is 14.8 Å². The second-order valence-electron chi connectivity index (χ2n) is 5.30. The Morgan fingerprint density at radius 1 is 1.08 bits per heavy atom. The third kappa shape index (κ3) is 2.74. The fourth-order valence-electron chi connectivity index (χ4n) is 2.78. The van der Waals surface area contributed by atoms with E-state index in [9.17, 15) is 4.79 Å². The highest BCUT2D eigenvalue weighted by Gasteiger charge is 2.29. The molecule has 24 heavy (non-hydrogen) atoms.